The van der Waals surface area contributed by atoms with Crippen molar-refractivity contribution in [2.45, 2.75) is 19.5 Å². The van der Waals surface area contributed by atoms with Gasteiger partial charge in [0.25, 0.3) is 0 Å². The normalized spacial score (nSPS) is 10.5. The number of thiophene rings is 1. The predicted octanol–water partition coefficient (Wildman–Crippen LogP) is 3.67. The molecule has 0 unspecified atom stereocenters. The number of methoxy groups -OCH3 is 1. The maximum Gasteiger partial charge on any atom is 0.242 e. The Morgan fingerprint density at radius 3 is 2.32 bits per heavy atom. The lowest BCUT2D eigenvalue weighted by atomic mass is 10.2. The zero-order chi connectivity index (χ0) is 22.1. The second kappa shape index (κ2) is 11.2. The Labute approximate surface area is 186 Å². The average Bonchev–Trinajstić information content (AvgIpc) is 3.30. The third kappa shape index (κ3) is 6.86. The van der Waals surface area contributed by atoms with E-state index in [0.29, 0.717) is 19.6 Å². The van der Waals surface area contributed by atoms with Crippen LogP contribution in [0.25, 0.3) is 0 Å². The summed E-state index contributed by atoms with van der Waals surface area (Å²) in [5.41, 5.74) is 7.28. The molecular weight excluding hydrogens is 410 g/mol. The first kappa shape index (κ1) is 22.4. The van der Waals surface area contributed by atoms with Gasteiger partial charge in [0.2, 0.25) is 11.8 Å². The summed E-state index contributed by atoms with van der Waals surface area (Å²) in [5, 5.41) is 2.03. The first-order valence-corrected chi connectivity index (χ1v) is 10.9. The standard InChI is InChI=1S/C24H27N3O3S/c1-30-21-11-9-20(10-12-21)27(17-22-8-5-15-31-22)18-24(29)26(14-13-23(25)28)16-19-6-3-2-4-7-19/h2-12,15H,13-14,16-18H2,1H3,(H2,25,28). The lowest BCUT2D eigenvalue weighted by Gasteiger charge is -2.29. The Morgan fingerprint density at radius 1 is 0.968 bits per heavy atom. The Kier molecular flexibility index (Phi) is 8.06. The number of carbonyl (C=O) groups excluding carboxylic acids is 2. The van der Waals surface area contributed by atoms with Gasteiger partial charge >= 0.3 is 0 Å². The molecule has 0 aliphatic heterocycles. The molecule has 1 aromatic heterocycles. The van der Waals surface area contributed by atoms with Gasteiger partial charge in [0.15, 0.2) is 0 Å². The lowest BCUT2D eigenvalue weighted by molar-refractivity contribution is -0.131. The van der Waals surface area contributed by atoms with Crippen molar-refractivity contribution in [1.29, 1.82) is 0 Å². The number of benzene rings is 2. The van der Waals surface area contributed by atoms with E-state index in [9.17, 15) is 9.59 Å². The molecule has 0 saturated heterocycles. The molecule has 31 heavy (non-hydrogen) atoms. The molecule has 0 radical (unpaired) electrons. The van der Waals surface area contributed by atoms with Crippen LogP contribution in [0.2, 0.25) is 0 Å². The molecule has 2 N–H and O–H groups in total. The van der Waals surface area contributed by atoms with Gasteiger partial charge in [-0.1, -0.05) is 36.4 Å². The van der Waals surface area contributed by atoms with Crippen molar-refractivity contribution < 1.29 is 14.3 Å². The molecule has 0 bridgehead atoms. The van der Waals surface area contributed by atoms with E-state index in [4.69, 9.17) is 10.5 Å². The van der Waals surface area contributed by atoms with Crippen molar-refractivity contribution in [2.24, 2.45) is 5.73 Å². The molecule has 0 spiro atoms. The molecular formula is C24H27N3O3S. The van der Waals surface area contributed by atoms with E-state index in [0.717, 1.165) is 21.9 Å². The van der Waals surface area contributed by atoms with E-state index in [1.165, 1.54) is 0 Å². The summed E-state index contributed by atoms with van der Waals surface area (Å²) < 4.78 is 5.26. The van der Waals surface area contributed by atoms with Crippen LogP contribution in [-0.2, 0) is 22.7 Å². The highest BCUT2D eigenvalue weighted by molar-refractivity contribution is 7.09. The summed E-state index contributed by atoms with van der Waals surface area (Å²) in [5.74, 6) is 0.284. The summed E-state index contributed by atoms with van der Waals surface area (Å²) in [4.78, 5) is 29.6. The molecule has 3 rings (SSSR count). The van der Waals surface area contributed by atoms with Crippen LogP contribution in [0, 0.1) is 0 Å². The highest BCUT2D eigenvalue weighted by Gasteiger charge is 2.20. The fourth-order valence-corrected chi connectivity index (χ4v) is 3.95. The Morgan fingerprint density at radius 2 is 1.71 bits per heavy atom. The number of hydrogen-bond donors (Lipinski definition) is 1. The molecule has 0 atom stereocenters. The zero-order valence-corrected chi connectivity index (χ0v) is 18.4. The molecule has 0 saturated carbocycles. The van der Waals surface area contributed by atoms with Gasteiger partial charge in [0.05, 0.1) is 20.2 Å². The van der Waals surface area contributed by atoms with Gasteiger partial charge in [0.1, 0.15) is 5.75 Å². The summed E-state index contributed by atoms with van der Waals surface area (Å²) in [7, 11) is 1.63. The number of nitrogens with zero attached hydrogens (tertiary/aromatic N) is 2. The average molecular weight is 438 g/mol. The molecule has 2 amide bonds. The number of anilines is 1. The summed E-state index contributed by atoms with van der Waals surface area (Å²) in [6, 6.07) is 21.5. The van der Waals surface area contributed by atoms with Gasteiger partial charge in [-0.15, -0.1) is 11.3 Å². The minimum absolute atomic E-state index is 0.0579. The number of ether oxygens (including phenoxy) is 1. The van der Waals surface area contributed by atoms with Crippen LogP contribution in [0.3, 0.4) is 0 Å². The van der Waals surface area contributed by atoms with E-state index in [-0.39, 0.29) is 18.9 Å². The molecule has 162 valence electrons. The fourth-order valence-electron chi connectivity index (χ4n) is 3.23. The van der Waals surface area contributed by atoms with Gasteiger partial charge in [-0.3, -0.25) is 9.59 Å². The largest absolute Gasteiger partial charge is 0.497 e. The smallest absolute Gasteiger partial charge is 0.242 e. The highest BCUT2D eigenvalue weighted by Crippen LogP contribution is 2.23. The molecule has 0 aliphatic carbocycles. The van der Waals surface area contributed by atoms with E-state index in [2.05, 4.69) is 6.07 Å². The molecule has 3 aromatic rings. The summed E-state index contributed by atoms with van der Waals surface area (Å²) >= 11 is 1.65. The van der Waals surface area contributed by atoms with Crippen molar-refractivity contribution in [3.05, 3.63) is 82.6 Å². The van der Waals surface area contributed by atoms with Gasteiger partial charge in [-0.2, -0.15) is 0 Å². The van der Waals surface area contributed by atoms with Crippen LogP contribution >= 0.6 is 11.3 Å². The second-order valence-corrected chi connectivity index (χ2v) is 8.18. The van der Waals surface area contributed by atoms with Crippen LogP contribution in [0.4, 0.5) is 5.69 Å². The van der Waals surface area contributed by atoms with Crippen LogP contribution in [0.15, 0.2) is 72.1 Å². The minimum atomic E-state index is -0.420. The highest BCUT2D eigenvalue weighted by atomic mass is 32.1. The fraction of sp³-hybridized carbons (Fsp3) is 0.250. The van der Waals surface area contributed by atoms with Gasteiger partial charge in [0, 0.05) is 30.1 Å². The first-order valence-electron chi connectivity index (χ1n) is 10.1. The molecule has 0 fully saturated rings. The third-order valence-electron chi connectivity index (χ3n) is 4.89. The minimum Gasteiger partial charge on any atom is -0.497 e. The third-order valence-corrected chi connectivity index (χ3v) is 5.75. The van der Waals surface area contributed by atoms with Gasteiger partial charge in [-0.25, -0.2) is 0 Å². The predicted molar refractivity (Wildman–Crippen MR) is 124 cm³/mol. The number of primary amides is 1. The number of nitrogens with two attached hydrogens (primary N) is 1. The van der Waals surface area contributed by atoms with E-state index in [1.54, 1.807) is 23.3 Å². The number of hydrogen-bond acceptors (Lipinski definition) is 5. The van der Waals surface area contributed by atoms with E-state index >= 15 is 0 Å². The monoisotopic (exact) mass is 437 g/mol. The Balaban J connectivity index is 1.79. The van der Waals surface area contributed by atoms with Crippen molar-refractivity contribution in [2.75, 3.05) is 25.1 Å². The van der Waals surface area contributed by atoms with Crippen molar-refractivity contribution in [1.82, 2.24) is 4.90 Å². The first-order chi connectivity index (χ1) is 15.0. The molecule has 2 aromatic carbocycles. The van der Waals surface area contributed by atoms with Crippen LogP contribution in [0.5, 0.6) is 5.75 Å². The van der Waals surface area contributed by atoms with Gasteiger partial charge in [-0.05, 0) is 41.3 Å². The Hall–Kier alpha value is -3.32. The van der Waals surface area contributed by atoms with Crippen LogP contribution < -0.4 is 15.4 Å². The maximum atomic E-state index is 13.3. The summed E-state index contributed by atoms with van der Waals surface area (Å²) in [6.45, 7) is 1.53. The van der Waals surface area contributed by atoms with E-state index in [1.807, 2.05) is 70.9 Å². The SMILES string of the molecule is COc1ccc(N(CC(=O)N(CCC(N)=O)Cc2ccccc2)Cc2cccs2)cc1. The maximum absolute atomic E-state index is 13.3. The summed E-state index contributed by atoms with van der Waals surface area (Å²) in [6.07, 6.45) is 0.131. The lowest BCUT2D eigenvalue weighted by Crippen LogP contribution is -2.41. The number of amides is 2. The van der Waals surface area contributed by atoms with E-state index < -0.39 is 5.91 Å². The molecule has 7 heteroatoms. The molecule has 0 aliphatic rings. The van der Waals surface area contributed by atoms with Crippen molar-refractivity contribution in [3.8, 4) is 5.75 Å². The molecule has 6 nitrogen and oxygen atoms in total. The van der Waals surface area contributed by atoms with Crippen molar-refractivity contribution >= 4 is 28.8 Å². The number of rotatable bonds is 11. The quantitative estimate of drug-likeness (QED) is 0.497. The van der Waals surface area contributed by atoms with Crippen molar-refractivity contribution in [3.63, 3.8) is 0 Å². The zero-order valence-electron chi connectivity index (χ0n) is 17.6. The van der Waals surface area contributed by atoms with Gasteiger partial charge < -0.3 is 20.3 Å². The number of carbonyl (C=O) groups is 2. The topological polar surface area (TPSA) is 75.9 Å². The van der Waals surface area contributed by atoms with Crippen LogP contribution in [0.1, 0.15) is 16.9 Å². The second-order valence-electron chi connectivity index (χ2n) is 7.15. The molecule has 1 heterocycles. The van der Waals surface area contributed by atoms with Crippen LogP contribution in [-0.4, -0.2) is 36.9 Å². The Bertz CT molecular complexity index is 960.